The van der Waals surface area contributed by atoms with Crippen LogP contribution in [0.25, 0.3) is 0 Å². The van der Waals surface area contributed by atoms with Gasteiger partial charge < -0.3 is 9.84 Å². The molecular formula is C29H32FN3O4S. The number of fused-ring (bicyclic) bond motifs is 1. The van der Waals surface area contributed by atoms with Crippen LogP contribution in [0, 0.1) is 23.6 Å². The maximum absolute atomic E-state index is 13.7. The second-order valence-corrected chi connectivity index (χ2v) is 11.6. The number of ether oxygens (including phenoxy) is 1. The van der Waals surface area contributed by atoms with Crippen LogP contribution in [0.5, 0.6) is 5.75 Å². The summed E-state index contributed by atoms with van der Waals surface area (Å²) in [6.07, 6.45) is 1.28. The van der Waals surface area contributed by atoms with Crippen molar-refractivity contribution < 1.29 is 22.7 Å². The van der Waals surface area contributed by atoms with Gasteiger partial charge in [-0.05, 0) is 67.9 Å². The van der Waals surface area contributed by atoms with Gasteiger partial charge in [-0.3, -0.25) is 4.90 Å². The molecule has 3 aromatic rings. The number of nitrogens with zero attached hydrogens (tertiary/aromatic N) is 3. The summed E-state index contributed by atoms with van der Waals surface area (Å²) in [5.41, 5.74) is 2.02. The summed E-state index contributed by atoms with van der Waals surface area (Å²) in [6.45, 7) is 4.47. The maximum Gasteiger partial charge on any atom is 0.247 e. The molecule has 1 aliphatic rings. The van der Waals surface area contributed by atoms with Gasteiger partial charge >= 0.3 is 0 Å². The minimum Gasteiger partial charge on any atom is -0.487 e. The van der Waals surface area contributed by atoms with Crippen LogP contribution in [0.3, 0.4) is 0 Å². The first-order valence-electron chi connectivity index (χ1n) is 12.5. The fraction of sp³-hybridized carbons (Fsp3) is 0.345. The van der Waals surface area contributed by atoms with Crippen molar-refractivity contribution in [1.82, 2.24) is 14.2 Å². The zero-order valence-electron chi connectivity index (χ0n) is 21.7. The number of sulfonamides is 1. The minimum atomic E-state index is -3.94. The molecule has 0 saturated heterocycles. The molecule has 0 aliphatic carbocycles. The average Bonchev–Trinajstić information content (AvgIpc) is 2.89. The van der Waals surface area contributed by atoms with Crippen LogP contribution >= 0.6 is 0 Å². The maximum atomic E-state index is 13.7. The van der Waals surface area contributed by atoms with E-state index in [1.807, 2.05) is 31.0 Å². The van der Waals surface area contributed by atoms with Crippen molar-refractivity contribution >= 4 is 10.0 Å². The first-order chi connectivity index (χ1) is 18.2. The highest BCUT2D eigenvalue weighted by Gasteiger charge is 2.38. The van der Waals surface area contributed by atoms with Crippen LogP contribution in [-0.4, -0.2) is 66.6 Å². The summed E-state index contributed by atoms with van der Waals surface area (Å²) in [7, 11) is -2.03. The Morgan fingerprint density at radius 3 is 2.71 bits per heavy atom. The van der Waals surface area contributed by atoms with Crippen LogP contribution in [0.2, 0.25) is 0 Å². The van der Waals surface area contributed by atoms with Gasteiger partial charge in [0.2, 0.25) is 10.0 Å². The molecule has 0 fully saturated rings. The van der Waals surface area contributed by atoms with Gasteiger partial charge in [0.1, 0.15) is 28.3 Å². The molecule has 0 amide bonds. The molecule has 1 aromatic heterocycles. The van der Waals surface area contributed by atoms with Crippen molar-refractivity contribution in [3.63, 3.8) is 0 Å². The van der Waals surface area contributed by atoms with E-state index in [0.717, 1.165) is 5.56 Å². The average molecular weight is 538 g/mol. The number of hydrogen-bond donors (Lipinski definition) is 1. The second kappa shape index (κ2) is 12.0. The zero-order chi connectivity index (χ0) is 27.3. The second-order valence-electron chi connectivity index (χ2n) is 9.69. The minimum absolute atomic E-state index is 0.0332. The molecule has 3 atom stereocenters. The standard InChI is InChI=1S/C29H32FN3O4S/c1-21-17-33(22(2)20-34)38(35,36)29-13-11-23(10-12-26-9-4-5-14-31-26)16-27(29)37-28(21)19-32(3)18-24-7-6-8-25(30)15-24/h4-9,11,13-16,21-22,28,34H,17-20H2,1-3H3/t21-,22-,28-/m0/s1. The van der Waals surface area contributed by atoms with E-state index in [4.69, 9.17) is 4.74 Å². The Bertz CT molecular complexity index is 1420. The van der Waals surface area contributed by atoms with E-state index in [-0.39, 0.29) is 41.6 Å². The van der Waals surface area contributed by atoms with Crippen LogP contribution in [0.4, 0.5) is 4.39 Å². The molecule has 1 N–H and O–H groups in total. The largest absolute Gasteiger partial charge is 0.487 e. The van der Waals surface area contributed by atoms with E-state index in [9.17, 15) is 17.9 Å². The molecule has 7 nitrogen and oxygen atoms in total. The number of aromatic nitrogens is 1. The Kier molecular flexibility index (Phi) is 8.80. The summed E-state index contributed by atoms with van der Waals surface area (Å²) >= 11 is 0. The van der Waals surface area contributed by atoms with Gasteiger partial charge in [0.15, 0.2) is 0 Å². The van der Waals surface area contributed by atoms with Gasteiger partial charge in [0.25, 0.3) is 0 Å². The normalized spacial score (nSPS) is 19.8. The Balaban J connectivity index is 1.68. The van der Waals surface area contributed by atoms with Crippen LogP contribution in [0.1, 0.15) is 30.7 Å². The monoisotopic (exact) mass is 537 g/mol. The summed E-state index contributed by atoms with van der Waals surface area (Å²) in [6, 6.07) is 16.1. The molecule has 0 radical (unpaired) electrons. The van der Waals surface area contributed by atoms with Crippen molar-refractivity contribution in [2.45, 2.75) is 37.4 Å². The molecule has 0 saturated carbocycles. The predicted octanol–water partition coefficient (Wildman–Crippen LogP) is 3.52. The number of benzene rings is 2. The fourth-order valence-electron chi connectivity index (χ4n) is 4.41. The molecule has 1 aliphatic heterocycles. The highest BCUT2D eigenvalue weighted by atomic mass is 32.2. The van der Waals surface area contributed by atoms with E-state index >= 15 is 0 Å². The molecule has 4 rings (SSSR count). The number of halogens is 1. The first kappa shape index (κ1) is 27.7. The lowest BCUT2D eigenvalue weighted by Crippen LogP contribution is -2.49. The number of aliphatic hydroxyl groups excluding tert-OH is 1. The number of aliphatic hydroxyl groups is 1. The van der Waals surface area contributed by atoms with Gasteiger partial charge in [-0.2, -0.15) is 4.31 Å². The molecule has 0 unspecified atom stereocenters. The summed E-state index contributed by atoms with van der Waals surface area (Å²) in [4.78, 5) is 6.26. The lowest BCUT2D eigenvalue weighted by atomic mass is 10.0. The first-order valence-corrected chi connectivity index (χ1v) is 13.9. The van der Waals surface area contributed by atoms with Crippen molar-refractivity contribution in [3.8, 4) is 17.6 Å². The molecule has 0 bridgehead atoms. The van der Waals surface area contributed by atoms with Crippen molar-refractivity contribution in [2.24, 2.45) is 5.92 Å². The van der Waals surface area contributed by atoms with E-state index < -0.39 is 16.1 Å². The number of hydrogen-bond acceptors (Lipinski definition) is 6. The van der Waals surface area contributed by atoms with Crippen molar-refractivity contribution in [3.05, 3.63) is 89.5 Å². The number of likely N-dealkylation sites (N-methyl/N-ethyl adjacent to an activating group) is 1. The topological polar surface area (TPSA) is 83.0 Å². The number of rotatable bonds is 6. The highest BCUT2D eigenvalue weighted by molar-refractivity contribution is 7.89. The number of pyridine rings is 1. The predicted molar refractivity (Wildman–Crippen MR) is 143 cm³/mol. The third-order valence-electron chi connectivity index (χ3n) is 6.50. The van der Waals surface area contributed by atoms with E-state index in [1.165, 1.54) is 22.5 Å². The zero-order valence-corrected chi connectivity index (χ0v) is 22.5. The molecule has 200 valence electrons. The highest BCUT2D eigenvalue weighted by Crippen LogP contribution is 2.34. The van der Waals surface area contributed by atoms with Gasteiger partial charge in [-0.25, -0.2) is 17.8 Å². The SMILES string of the molecule is C[C@H]1CN([C@@H](C)CO)S(=O)(=O)c2ccc(C#Cc3ccccn3)cc2O[C@H]1CN(C)Cc1cccc(F)c1. The lowest BCUT2D eigenvalue weighted by molar-refractivity contribution is 0.0733. The molecule has 0 spiro atoms. The fourth-order valence-corrected chi connectivity index (χ4v) is 6.24. The molecular weight excluding hydrogens is 505 g/mol. The third-order valence-corrected chi connectivity index (χ3v) is 8.52. The molecule has 2 heterocycles. The van der Waals surface area contributed by atoms with Gasteiger partial charge in [-0.1, -0.05) is 31.0 Å². The Morgan fingerprint density at radius 1 is 1.18 bits per heavy atom. The van der Waals surface area contributed by atoms with Crippen molar-refractivity contribution in [2.75, 3.05) is 26.7 Å². The smallest absolute Gasteiger partial charge is 0.247 e. The van der Waals surface area contributed by atoms with Gasteiger partial charge in [0, 0.05) is 43.4 Å². The molecule has 2 aromatic carbocycles. The van der Waals surface area contributed by atoms with E-state index in [0.29, 0.717) is 24.3 Å². The van der Waals surface area contributed by atoms with Gasteiger partial charge in [-0.15, -0.1) is 0 Å². The van der Waals surface area contributed by atoms with E-state index in [2.05, 4.69) is 16.8 Å². The Hall–Kier alpha value is -3.29. The summed E-state index contributed by atoms with van der Waals surface area (Å²) in [5, 5.41) is 9.84. The quantitative estimate of drug-likeness (QED) is 0.485. The van der Waals surface area contributed by atoms with Crippen LogP contribution in [0.15, 0.2) is 71.8 Å². The Labute approximate surface area is 223 Å². The van der Waals surface area contributed by atoms with E-state index in [1.54, 1.807) is 43.5 Å². The van der Waals surface area contributed by atoms with Crippen LogP contribution < -0.4 is 4.74 Å². The van der Waals surface area contributed by atoms with Crippen molar-refractivity contribution in [1.29, 1.82) is 0 Å². The molecule has 9 heteroatoms. The molecule has 38 heavy (non-hydrogen) atoms. The van der Waals surface area contributed by atoms with Crippen LogP contribution in [-0.2, 0) is 16.6 Å². The third kappa shape index (κ3) is 6.58. The summed E-state index contributed by atoms with van der Waals surface area (Å²) in [5.74, 6) is 5.74. The summed E-state index contributed by atoms with van der Waals surface area (Å²) < 4.78 is 48.8. The van der Waals surface area contributed by atoms with Gasteiger partial charge in [0.05, 0.1) is 6.61 Å². The Morgan fingerprint density at radius 2 is 2.00 bits per heavy atom. The lowest BCUT2D eigenvalue weighted by Gasteiger charge is -2.37.